The third-order valence-electron chi connectivity index (χ3n) is 6.86. The molecule has 0 aromatic heterocycles. The van der Waals surface area contributed by atoms with Crippen molar-refractivity contribution in [3.05, 3.63) is 35.4 Å². The minimum absolute atomic E-state index is 0.103. The molecule has 2 atom stereocenters. The third kappa shape index (κ3) is 2.56. The smallest absolute Gasteiger partial charge is 0.311 e. The normalized spacial score (nSPS) is 30.2. The Kier molecular flexibility index (Phi) is 4.30. The molecule has 1 N–H and O–H groups in total. The Hall–Kier alpha value is -1.88. The van der Waals surface area contributed by atoms with Crippen LogP contribution in [0.3, 0.4) is 0 Å². The molecule has 1 amide bonds. The van der Waals surface area contributed by atoms with Crippen LogP contribution in [0, 0.1) is 18.3 Å². The Labute approximate surface area is 154 Å². The molecule has 1 aromatic rings. The van der Waals surface area contributed by atoms with Crippen molar-refractivity contribution in [2.45, 2.75) is 44.4 Å². The zero-order valence-corrected chi connectivity index (χ0v) is 15.4. The highest BCUT2D eigenvalue weighted by Crippen LogP contribution is 2.47. The SMILES string of the molecule is Cc1cccc(C2(C(=O)N3C[C@H]4COCC[C@@]4(C(=O)O)C3)CCCC2)c1. The van der Waals surface area contributed by atoms with Crippen LogP contribution in [-0.2, 0) is 19.7 Å². The largest absolute Gasteiger partial charge is 0.481 e. The van der Waals surface area contributed by atoms with Crippen LogP contribution in [0.15, 0.2) is 24.3 Å². The van der Waals surface area contributed by atoms with Crippen molar-refractivity contribution in [2.75, 3.05) is 26.3 Å². The Morgan fingerprint density at radius 2 is 2.00 bits per heavy atom. The quantitative estimate of drug-likeness (QED) is 0.903. The maximum absolute atomic E-state index is 13.7. The van der Waals surface area contributed by atoms with Crippen molar-refractivity contribution < 1.29 is 19.4 Å². The number of hydrogen-bond acceptors (Lipinski definition) is 3. The summed E-state index contributed by atoms with van der Waals surface area (Å²) in [6.45, 7) is 3.78. The van der Waals surface area contributed by atoms with Crippen molar-refractivity contribution in [1.29, 1.82) is 0 Å². The summed E-state index contributed by atoms with van der Waals surface area (Å²) in [5, 5.41) is 9.89. The van der Waals surface area contributed by atoms with Gasteiger partial charge in [0, 0.05) is 25.6 Å². The van der Waals surface area contributed by atoms with E-state index in [9.17, 15) is 14.7 Å². The van der Waals surface area contributed by atoms with E-state index in [1.807, 2.05) is 11.0 Å². The molecule has 5 nitrogen and oxygen atoms in total. The first-order valence-corrected chi connectivity index (χ1v) is 9.66. The fraction of sp³-hybridized carbons (Fsp3) is 0.619. The van der Waals surface area contributed by atoms with Gasteiger partial charge in [-0.05, 0) is 31.7 Å². The highest BCUT2D eigenvalue weighted by molar-refractivity contribution is 5.90. The molecule has 3 aliphatic rings. The van der Waals surface area contributed by atoms with Crippen LogP contribution in [0.4, 0.5) is 0 Å². The number of carbonyl (C=O) groups excluding carboxylic acids is 1. The second-order valence-electron chi connectivity index (χ2n) is 8.33. The molecule has 1 saturated carbocycles. The van der Waals surface area contributed by atoms with Gasteiger partial charge in [-0.1, -0.05) is 42.7 Å². The molecule has 2 aliphatic heterocycles. The van der Waals surface area contributed by atoms with E-state index in [0.717, 1.165) is 36.8 Å². The second kappa shape index (κ2) is 6.38. The van der Waals surface area contributed by atoms with Crippen LogP contribution < -0.4 is 0 Å². The van der Waals surface area contributed by atoms with Gasteiger partial charge >= 0.3 is 5.97 Å². The number of benzene rings is 1. The van der Waals surface area contributed by atoms with Gasteiger partial charge in [-0.15, -0.1) is 0 Å². The molecule has 4 rings (SSSR count). The monoisotopic (exact) mass is 357 g/mol. The average Bonchev–Trinajstić information content (AvgIpc) is 3.27. The first kappa shape index (κ1) is 17.5. The number of aliphatic carboxylic acids is 1. The van der Waals surface area contributed by atoms with Crippen LogP contribution >= 0.6 is 0 Å². The number of fused-ring (bicyclic) bond motifs is 1. The van der Waals surface area contributed by atoms with Crippen molar-refractivity contribution in [3.8, 4) is 0 Å². The molecule has 3 fully saturated rings. The van der Waals surface area contributed by atoms with E-state index in [1.54, 1.807) is 0 Å². The summed E-state index contributed by atoms with van der Waals surface area (Å²) in [7, 11) is 0. The minimum Gasteiger partial charge on any atom is -0.481 e. The van der Waals surface area contributed by atoms with Crippen LogP contribution in [0.25, 0.3) is 0 Å². The number of carboxylic acids is 1. The molecule has 26 heavy (non-hydrogen) atoms. The molecule has 2 saturated heterocycles. The summed E-state index contributed by atoms with van der Waals surface area (Å²) in [6.07, 6.45) is 4.29. The Morgan fingerprint density at radius 3 is 2.65 bits per heavy atom. The highest BCUT2D eigenvalue weighted by Gasteiger charge is 2.57. The van der Waals surface area contributed by atoms with Gasteiger partial charge in [0.05, 0.1) is 17.4 Å². The second-order valence-corrected chi connectivity index (χ2v) is 8.33. The number of likely N-dealkylation sites (tertiary alicyclic amines) is 1. The van der Waals surface area contributed by atoms with E-state index < -0.39 is 16.8 Å². The van der Waals surface area contributed by atoms with Gasteiger partial charge in [0.1, 0.15) is 0 Å². The maximum atomic E-state index is 13.7. The van der Waals surface area contributed by atoms with E-state index in [1.165, 1.54) is 0 Å². The molecule has 0 spiro atoms. The number of aryl methyl sites for hydroxylation is 1. The van der Waals surface area contributed by atoms with E-state index in [0.29, 0.717) is 32.7 Å². The maximum Gasteiger partial charge on any atom is 0.311 e. The van der Waals surface area contributed by atoms with Gasteiger partial charge < -0.3 is 14.7 Å². The van der Waals surface area contributed by atoms with E-state index in [-0.39, 0.29) is 11.8 Å². The molecule has 5 heteroatoms. The van der Waals surface area contributed by atoms with Crippen molar-refractivity contribution in [2.24, 2.45) is 11.3 Å². The predicted octanol–water partition coefficient (Wildman–Crippen LogP) is 2.76. The standard InChI is InChI=1S/C21H27NO4/c1-15-5-4-6-16(11-15)20(7-2-3-8-20)18(23)22-12-17-13-26-10-9-21(17,14-22)19(24)25/h4-6,11,17H,2-3,7-10,12-14H2,1H3,(H,24,25)/t17-,21+/m0/s1. The molecule has 140 valence electrons. The Balaban J connectivity index is 1.67. The van der Waals surface area contributed by atoms with Gasteiger partial charge in [-0.3, -0.25) is 9.59 Å². The lowest BCUT2D eigenvalue weighted by molar-refractivity contribution is -0.157. The van der Waals surface area contributed by atoms with Crippen LogP contribution in [0.5, 0.6) is 0 Å². The van der Waals surface area contributed by atoms with Crippen LogP contribution in [0.1, 0.15) is 43.2 Å². The predicted molar refractivity (Wildman–Crippen MR) is 96.9 cm³/mol. The highest BCUT2D eigenvalue weighted by atomic mass is 16.5. The van der Waals surface area contributed by atoms with Crippen molar-refractivity contribution >= 4 is 11.9 Å². The molecular formula is C21H27NO4. The third-order valence-corrected chi connectivity index (χ3v) is 6.86. The number of ether oxygens (including phenoxy) is 1. The van der Waals surface area contributed by atoms with Gasteiger partial charge in [-0.25, -0.2) is 0 Å². The lowest BCUT2D eigenvalue weighted by atomic mass is 9.74. The van der Waals surface area contributed by atoms with Crippen LogP contribution in [0.2, 0.25) is 0 Å². The van der Waals surface area contributed by atoms with E-state index in [4.69, 9.17) is 4.74 Å². The number of amides is 1. The average molecular weight is 357 g/mol. The van der Waals surface area contributed by atoms with Gasteiger partial charge in [0.25, 0.3) is 0 Å². The summed E-state index contributed by atoms with van der Waals surface area (Å²) in [6, 6.07) is 8.27. The molecule has 0 bridgehead atoms. The fourth-order valence-corrected chi connectivity index (χ4v) is 5.30. The van der Waals surface area contributed by atoms with E-state index in [2.05, 4.69) is 25.1 Å². The minimum atomic E-state index is -0.833. The number of hydrogen-bond donors (Lipinski definition) is 1. The van der Waals surface area contributed by atoms with Crippen molar-refractivity contribution in [3.63, 3.8) is 0 Å². The zero-order valence-electron chi connectivity index (χ0n) is 15.4. The summed E-state index contributed by atoms with van der Waals surface area (Å²) in [5.41, 5.74) is 0.933. The van der Waals surface area contributed by atoms with E-state index >= 15 is 0 Å². The van der Waals surface area contributed by atoms with Gasteiger partial charge in [-0.2, -0.15) is 0 Å². The summed E-state index contributed by atoms with van der Waals surface area (Å²) in [5.74, 6) is -0.763. The molecule has 1 aliphatic carbocycles. The topological polar surface area (TPSA) is 66.8 Å². The van der Waals surface area contributed by atoms with Gasteiger partial charge in [0.2, 0.25) is 5.91 Å². The lowest BCUT2D eigenvalue weighted by Crippen LogP contribution is -2.47. The number of nitrogens with zero attached hydrogens (tertiary/aromatic N) is 1. The molecule has 1 aromatic carbocycles. The fourth-order valence-electron chi connectivity index (χ4n) is 5.30. The van der Waals surface area contributed by atoms with Gasteiger partial charge in [0.15, 0.2) is 0 Å². The summed E-state index contributed by atoms with van der Waals surface area (Å²) < 4.78 is 5.54. The van der Waals surface area contributed by atoms with Crippen molar-refractivity contribution in [1.82, 2.24) is 4.90 Å². The molecule has 0 radical (unpaired) electrons. The zero-order chi connectivity index (χ0) is 18.4. The summed E-state index contributed by atoms with van der Waals surface area (Å²) >= 11 is 0. The number of carbonyl (C=O) groups is 2. The molecular weight excluding hydrogens is 330 g/mol. The number of rotatable bonds is 3. The molecule has 0 unspecified atom stereocenters. The lowest BCUT2D eigenvalue weighted by Gasteiger charge is -2.35. The van der Waals surface area contributed by atoms with Crippen LogP contribution in [-0.4, -0.2) is 48.2 Å². The molecule has 2 heterocycles. The Bertz CT molecular complexity index is 724. The number of carboxylic acid groups (broad SMARTS) is 1. The Morgan fingerprint density at radius 1 is 1.23 bits per heavy atom. The summed E-state index contributed by atoms with van der Waals surface area (Å²) in [4.78, 5) is 27.6. The first-order valence-electron chi connectivity index (χ1n) is 9.66. The first-order chi connectivity index (χ1) is 12.5.